The maximum atomic E-state index is 6.81. The van der Waals surface area contributed by atoms with Crippen LogP contribution in [0.1, 0.15) is 0 Å². The SMILES string of the molecule is c1ccc(-c2cc(N(c3ccc4c(ccc5ccccc54)c3)c3ccc(-c4ccccc4)c4oc5ccccc5c34)c3c(c2)oc2ccccc23)cc1. The van der Waals surface area contributed by atoms with Crippen LogP contribution in [0.3, 0.4) is 0 Å². The zero-order valence-electron chi connectivity index (χ0n) is 28.7. The van der Waals surface area contributed by atoms with Gasteiger partial charge in [0.25, 0.3) is 0 Å². The maximum absolute atomic E-state index is 6.81. The van der Waals surface area contributed by atoms with E-state index in [2.05, 4.69) is 181 Å². The molecule has 0 radical (unpaired) electrons. The number of rotatable bonds is 5. The van der Waals surface area contributed by atoms with Gasteiger partial charge in [-0.05, 0) is 86.8 Å². The number of furan rings is 2. The highest BCUT2D eigenvalue weighted by molar-refractivity contribution is 6.21. The van der Waals surface area contributed by atoms with Crippen molar-refractivity contribution in [1.82, 2.24) is 0 Å². The zero-order valence-corrected chi connectivity index (χ0v) is 28.7. The first-order valence-corrected chi connectivity index (χ1v) is 18.0. The van der Waals surface area contributed by atoms with Crippen LogP contribution in [-0.4, -0.2) is 0 Å². The summed E-state index contributed by atoms with van der Waals surface area (Å²) in [5.41, 5.74) is 10.9. The molecule has 0 aliphatic rings. The number of anilines is 3. The van der Waals surface area contributed by atoms with Gasteiger partial charge in [0.2, 0.25) is 0 Å². The molecule has 0 bridgehead atoms. The van der Waals surface area contributed by atoms with Crippen LogP contribution < -0.4 is 4.90 Å². The second kappa shape index (κ2) is 11.7. The largest absolute Gasteiger partial charge is 0.456 e. The first kappa shape index (κ1) is 29.6. The van der Waals surface area contributed by atoms with Crippen LogP contribution in [0, 0.1) is 0 Å². The van der Waals surface area contributed by atoms with E-state index >= 15 is 0 Å². The molecule has 0 aliphatic carbocycles. The van der Waals surface area contributed by atoms with Crippen molar-refractivity contribution >= 4 is 82.5 Å². The van der Waals surface area contributed by atoms with Crippen LogP contribution in [0.5, 0.6) is 0 Å². The van der Waals surface area contributed by atoms with E-state index in [1.54, 1.807) is 0 Å². The lowest BCUT2D eigenvalue weighted by atomic mass is 9.97. The van der Waals surface area contributed by atoms with Crippen LogP contribution >= 0.6 is 0 Å². The smallest absolute Gasteiger partial charge is 0.145 e. The molecule has 11 rings (SSSR count). The van der Waals surface area contributed by atoms with E-state index < -0.39 is 0 Å². The highest BCUT2D eigenvalue weighted by Gasteiger charge is 2.26. The van der Waals surface area contributed by atoms with E-state index in [1.165, 1.54) is 21.5 Å². The highest BCUT2D eigenvalue weighted by Crippen LogP contribution is 2.50. The first-order valence-electron chi connectivity index (χ1n) is 18.0. The van der Waals surface area contributed by atoms with Crippen molar-refractivity contribution in [2.24, 2.45) is 0 Å². The lowest BCUT2D eigenvalue weighted by Gasteiger charge is -2.28. The molecule has 248 valence electrons. The Morgan fingerprint density at radius 1 is 0.340 bits per heavy atom. The summed E-state index contributed by atoms with van der Waals surface area (Å²) in [6.45, 7) is 0. The monoisotopic (exact) mass is 677 g/mol. The Bertz CT molecular complexity index is 3170. The third kappa shape index (κ3) is 4.68. The average molecular weight is 678 g/mol. The van der Waals surface area contributed by atoms with Gasteiger partial charge in [-0.3, -0.25) is 0 Å². The Morgan fingerprint density at radius 3 is 1.75 bits per heavy atom. The van der Waals surface area contributed by atoms with Crippen LogP contribution in [0.4, 0.5) is 17.1 Å². The predicted octanol–water partition coefficient (Wildman–Crippen LogP) is 14.6. The number of nitrogens with zero attached hydrogens (tertiary/aromatic N) is 1. The van der Waals surface area contributed by atoms with Crippen molar-refractivity contribution in [3.63, 3.8) is 0 Å². The van der Waals surface area contributed by atoms with Gasteiger partial charge in [0, 0.05) is 22.0 Å². The van der Waals surface area contributed by atoms with Gasteiger partial charge in [0.15, 0.2) is 0 Å². The molecular formula is C50H31NO2. The molecule has 2 aromatic heterocycles. The standard InChI is InChI=1S/C50H31NO2/c1-3-13-32(14-4-1)36-30-44(48-41-19-9-11-21-45(41)52-47(48)31-36)51(37-25-26-39-35(29-37)24-23-34-17-7-8-18-38(34)39)43-28-27-40(33-15-5-2-6-16-33)50-49(43)42-20-10-12-22-46(42)53-50/h1-31H. The van der Waals surface area contributed by atoms with Gasteiger partial charge in [0.05, 0.1) is 22.1 Å². The molecule has 0 spiro atoms. The van der Waals surface area contributed by atoms with Gasteiger partial charge < -0.3 is 13.7 Å². The summed E-state index contributed by atoms with van der Waals surface area (Å²) in [6, 6.07) is 66.7. The summed E-state index contributed by atoms with van der Waals surface area (Å²) in [6.07, 6.45) is 0. The fourth-order valence-electron chi connectivity index (χ4n) is 8.20. The third-order valence-electron chi connectivity index (χ3n) is 10.6. The van der Waals surface area contributed by atoms with E-state index in [9.17, 15) is 0 Å². The summed E-state index contributed by atoms with van der Waals surface area (Å²) in [5.74, 6) is 0. The quantitative estimate of drug-likeness (QED) is 0.170. The van der Waals surface area contributed by atoms with Crippen LogP contribution in [-0.2, 0) is 0 Å². The second-order valence-electron chi connectivity index (χ2n) is 13.7. The molecule has 53 heavy (non-hydrogen) atoms. The van der Waals surface area contributed by atoms with Crippen molar-refractivity contribution < 1.29 is 8.83 Å². The Kier molecular flexibility index (Phi) is 6.55. The minimum absolute atomic E-state index is 0.841. The molecule has 0 amide bonds. The van der Waals surface area contributed by atoms with Crippen molar-refractivity contribution in [1.29, 1.82) is 0 Å². The fraction of sp³-hybridized carbons (Fsp3) is 0. The molecule has 0 fully saturated rings. The molecule has 2 heterocycles. The molecule has 0 atom stereocenters. The maximum Gasteiger partial charge on any atom is 0.145 e. The number of para-hydroxylation sites is 2. The molecule has 11 aromatic rings. The van der Waals surface area contributed by atoms with Crippen LogP contribution in [0.25, 0.3) is 87.7 Å². The van der Waals surface area contributed by atoms with Crippen molar-refractivity contribution in [2.75, 3.05) is 4.90 Å². The lowest BCUT2D eigenvalue weighted by Crippen LogP contribution is -2.11. The van der Waals surface area contributed by atoms with Gasteiger partial charge in [-0.25, -0.2) is 0 Å². The van der Waals surface area contributed by atoms with E-state index in [-0.39, 0.29) is 0 Å². The predicted molar refractivity (Wildman–Crippen MR) is 222 cm³/mol. The Hall–Kier alpha value is -7.10. The zero-order chi connectivity index (χ0) is 34.9. The minimum Gasteiger partial charge on any atom is -0.456 e. The number of hydrogen-bond donors (Lipinski definition) is 0. The Labute approximate surface area is 305 Å². The van der Waals surface area contributed by atoms with Gasteiger partial charge in [-0.1, -0.05) is 140 Å². The van der Waals surface area contributed by atoms with Gasteiger partial charge in [-0.15, -0.1) is 0 Å². The average Bonchev–Trinajstić information content (AvgIpc) is 3.81. The van der Waals surface area contributed by atoms with Gasteiger partial charge in [0.1, 0.15) is 22.3 Å². The molecule has 0 unspecified atom stereocenters. The van der Waals surface area contributed by atoms with Crippen LogP contribution in [0.15, 0.2) is 197 Å². The summed E-state index contributed by atoms with van der Waals surface area (Å²) >= 11 is 0. The fourth-order valence-corrected chi connectivity index (χ4v) is 8.20. The van der Waals surface area contributed by atoms with Crippen molar-refractivity contribution in [3.8, 4) is 22.3 Å². The third-order valence-corrected chi connectivity index (χ3v) is 10.6. The molecule has 0 aliphatic heterocycles. The van der Waals surface area contributed by atoms with Gasteiger partial charge >= 0.3 is 0 Å². The van der Waals surface area contributed by atoms with E-state index in [4.69, 9.17) is 8.83 Å². The Morgan fingerprint density at radius 2 is 0.962 bits per heavy atom. The molecule has 9 aromatic carbocycles. The topological polar surface area (TPSA) is 29.5 Å². The van der Waals surface area contributed by atoms with Gasteiger partial charge in [-0.2, -0.15) is 0 Å². The number of hydrogen-bond acceptors (Lipinski definition) is 3. The van der Waals surface area contributed by atoms with E-state index in [1.807, 2.05) is 12.1 Å². The van der Waals surface area contributed by atoms with E-state index in [0.717, 1.165) is 83.2 Å². The summed E-state index contributed by atoms with van der Waals surface area (Å²) in [4.78, 5) is 2.42. The van der Waals surface area contributed by atoms with Crippen molar-refractivity contribution in [3.05, 3.63) is 188 Å². The summed E-state index contributed by atoms with van der Waals surface area (Å²) in [5, 5.41) is 9.14. The normalized spacial score (nSPS) is 11.8. The lowest BCUT2D eigenvalue weighted by molar-refractivity contribution is 0.669. The second-order valence-corrected chi connectivity index (χ2v) is 13.7. The molecule has 0 N–H and O–H groups in total. The molecule has 0 saturated heterocycles. The van der Waals surface area contributed by atoms with Crippen LogP contribution in [0.2, 0.25) is 0 Å². The first-order chi connectivity index (χ1) is 26.3. The molecular weight excluding hydrogens is 647 g/mol. The van der Waals surface area contributed by atoms with Crippen molar-refractivity contribution in [2.45, 2.75) is 0 Å². The highest BCUT2D eigenvalue weighted by atomic mass is 16.3. The molecule has 3 heteroatoms. The Balaban J connectivity index is 1.29. The summed E-state index contributed by atoms with van der Waals surface area (Å²) < 4.78 is 13.5. The summed E-state index contributed by atoms with van der Waals surface area (Å²) in [7, 11) is 0. The van der Waals surface area contributed by atoms with E-state index in [0.29, 0.717) is 0 Å². The minimum atomic E-state index is 0.841. The molecule has 0 saturated carbocycles. The number of benzene rings is 9. The molecule has 3 nitrogen and oxygen atoms in total. The number of fused-ring (bicyclic) bond motifs is 9.